The number of benzene rings is 4. The van der Waals surface area contributed by atoms with Gasteiger partial charge in [-0.05, 0) is 60.0 Å². The van der Waals surface area contributed by atoms with Crippen molar-refractivity contribution in [2.75, 3.05) is 6.61 Å². The Kier molecular flexibility index (Phi) is 7.53. The fraction of sp³-hybridized carbons (Fsp3) is 0.138. The van der Waals surface area contributed by atoms with E-state index in [1.807, 2.05) is 73.7 Å². The molecule has 4 rings (SSSR count). The highest BCUT2D eigenvalue weighted by molar-refractivity contribution is 6.04. The van der Waals surface area contributed by atoms with Crippen molar-refractivity contribution in [1.82, 2.24) is 5.43 Å². The monoisotopic (exact) mass is 466 g/mol. The van der Waals surface area contributed by atoms with Crippen molar-refractivity contribution in [2.24, 2.45) is 5.10 Å². The summed E-state index contributed by atoms with van der Waals surface area (Å²) in [4.78, 5) is 24.9. The average Bonchev–Trinajstić information content (AvgIpc) is 2.89. The molecule has 0 spiro atoms. The Balaban J connectivity index is 1.47. The molecule has 0 heterocycles. The standard InChI is InChI=1S/C29H26N2O4/c1-3-21-10-15-24(16-11-21)34-19-28(32)31-30-18-26-25-7-5-4-6-22(25)14-17-27(26)35-29(33)23-12-8-20(2)9-13-23/h4-18H,3,19H2,1-2H3,(H,31,32)/b30-18-. The van der Waals surface area contributed by atoms with E-state index in [0.717, 1.165) is 22.8 Å². The number of fused-ring (bicyclic) bond motifs is 1. The van der Waals surface area contributed by atoms with Gasteiger partial charge in [0.05, 0.1) is 11.8 Å². The zero-order valence-corrected chi connectivity index (χ0v) is 19.7. The molecule has 4 aromatic rings. The minimum atomic E-state index is -0.471. The van der Waals surface area contributed by atoms with Crippen LogP contribution in [-0.4, -0.2) is 24.7 Å². The van der Waals surface area contributed by atoms with E-state index >= 15 is 0 Å². The van der Waals surface area contributed by atoms with Gasteiger partial charge in [-0.3, -0.25) is 4.79 Å². The molecule has 0 saturated carbocycles. The van der Waals surface area contributed by atoms with Gasteiger partial charge in [0, 0.05) is 5.56 Å². The smallest absolute Gasteiger partial charge is 0.343 e. The lowest BCUT2D eigenvalue weighted by atomic mass is 10.0. The number of esters is 1. The van der Waals surface area contributed by atoms with E-state index in [0.29, 0.717) is 22.6 Å². The SMILES string of the molecule is CCc1ccc(OCC(=O)N/N=C\c2c(OC(=O)c3ccc(C)cc3)ccc3ccccc23)cc1. The molecular weight excluding hydrogens is 440 g/mol. The van der Waals surface area contributed by atoms with Gasteiger partial charge in [-0.2, -0.15) is 5.10 Å². The number of rotatable bonds is 8. The number of hydrogen-bond acceptors (Lipinski definition) is 5. The quantitative estimate of drug-likeness (QED) is 0.162. The first-order valence-corrected chi connectivity index (χ1v) is 11.4. The maximum atomic E-state index is 12.7. The van der Waals surface area contributed by atoms with Gasteiger partial charge in [0.25, 0.3) is 5.91 Å². The lowest BCUT2D eigenvalue weighted by Crippen LogP contribution is -2.24. The molecule has 0 radical (unpaired) electrons. The van der Waals surface area contributed by atoms with E-state index in [1.54, 1.807) is 18.2 Å². The molecule has 0 aliphatic carbocycles. The van der Waals surface area contributed by atoms with E-state index < -0.39 is 11.9 Å². The molecule has 35 heavy (non-hydrogen) atoms. The molecule has 0 aliphatic heterocycles. The Morgan fingerprint density at radius 3 is 2.40 bits per heavy atom. The first-order chi connectivity index (χ1) is 17.0. The number of hydrogen-bond donors (Lipinski definition) is 1. The molecule has 0 unspecified atom stereocenters. The Morgan fingerprint density at radius 2 is 1.66 bits per heavy atom. The van der Waals surface area contributed by atoms with Crippen molar-refractivity contribution >= 4 is 28.9 Å². The number of aryl methyl sites for hydroxylation is 2. The number of nitrogens with one attached hydrogen (secondary N) is 1. The van der Waals surface area contributed by atoms with Crippen molar-refractivity contribution in [3.63, 3.8) is 0 Å². The topological polar surface area (TPSA) is 77.0 Å². The van der Waals surface area contributed by atoms with Crippen molar-refractivity contribution in [2.45, 2.75) is 20.3 Å². The van der Waals surface area contributed by atoms with Crippen LogP contribution in [0.25, 0.3) is 10.8 Å². The van der Waals surface area contributed by atoms with Gasteiger partial charge >= 0.3 is 5.97 Å². The van der Waals surface area contributed by atoms with Gasteiger partial charge < -0.3 is 9.47 Å². The van der Waals surface area contributed by atoms with E-state index in [2.05, 4.69) is 17.5 Å². The number of nitrogens with zero attached hydrogens (tertiary/aromatic N) is 1. The van der Waals surface area contributed by atoms with E-state index in [-0.39, 0.29) is 6.61 Å². The molecule has 0 atom stereocenters. The minimum Gasteiger partial charge on any atom is -0.484 e. The lowest BCUT2D eigenvalue weighted by molar-refractivity contribution is -0.123. The van der Waals surface area contributed by atoms with E-state index in [9.17, 15) is 9.59 Å². The minimum absolute atomic E-state index is 0.173. The number of carbonyl (C=O) groups excluding carboxylic acids is 2. The third-order valence-corrected chi connectivity index (χ3v) is 5.51. The number of ether oxygens (including phenoxy) is 2. The van der Waals surface area contributed by atoms with Crippen LogP contribution < -0.4 is 14.9 Å². The van der Waals surface area contributed by atoms with Gasteiger partial charge in [-0.25, -0.2) is 10.2 Å². The molecule has 0 aliphatic rings. The third-order valence-electron chi connectivity index (χ3n) is 5.51. The van der Waals surface area contributed by atoms with Crippen LogP contribution in [-0.2, 0) is 11.2 Å². The van der Waals surface area contributed by atoms with Crippen LogP contribution in [0.2, 0.25) is 0 Å². The summed E-state index contributed by atoms with van der Waals surface area (Å²) >= 11 is 0. The molecule has 0 bridgehead atoms. The summed E-state index contributed by atoms with van der Waals surface area (Å²) < 4.78 is 11.2. The fourth-order valence-electron chi connectivity index (χ4n) is 3.52. The first-order valence-electron chi connectivity index (χ1n) is 11.4. The van der Waals surface area contributed by atoms with Crippen molar-refractivity contribution < 1.29 is 19.1 Å². The highest BCUT2D eigenvalue weighted by Crippen LogP contribution is 2.27. The Hall–Kier alpha value is -4.45. The summed E-state index contributed by atoms with van der Waals surface area (Å²) in [5.41, 5.74) is 5.75. The van der Waals surface area contributed by atoms with Crippen LogP contribution in [0.15, 0.2) is 90.0 Å². The summed E-state index contributed by atoms with van der Waals surface area (Å²) in [5, 5.41) is 5.88. The van der Waals surface area contributed by atoms with Crippen molar-refractivity contribution in [3.05, 3.63) is 107 Å². The van der Waals surface area contributed by atoms with Crippen LogP contribution in [0, 0.1) is 6.92 Å². The highest BCUT2D eigenvalue weighted by atomic mass is 16.5. The zero-order chi connectivity index (χ0) is 24.6. The molecule has 4 aromatic carbocycles. The van der Waals surface area contributed by atoms with Gasteiger partial charge in [0.2, 0.25) is 0 Å². The number of hydrazone groups is 1. The molecule has 6 nitrogen and oxygen atoms in total. The summed E-state index contributed by atoms with van der Waals surface area (Å²) in [6, 6.07) is 26.0. The number of carbonyl (C=O) groups is 2. The first kappa shape index (κ1) is 23.7. The van der Waals surface area contributed by atoms with Crippen LogP contribution in [0.1, 0.15) is 34.0 Å². The van der Waals surface area contributed by atoms with E-state index in [1.165, 1.54) is 11.8 Å². The van der Waals surface area contributed by atoms with Crippen LogP contribution in [0.4, 0.5) is 0 Å². The average molecular weight is 467 g/mol. The largest absolute Gasteiger partial charge is 0.484 e. The maximum Gasteiger partial charge on any atom is 0.343 e. The highest BCUT2D eigenvalue weighted by Gasteiger charge is 2.13. The van der Waals surface area contributed by atoms with E-state index in [4.69, 9.17) is 9.47 Å². The second-order valence-corrected chi connectivity index (χ2v) is 8.03. The Labute approximate surface area is 204 Å². The molecule has 1 amide bonds. The second-order valence-electron chi connectivity index (χ2n) is 8.03. The summed E-state index contributed by atoms with van der Waals surface area (Å²) in [6.07, 6.45) is 2.42. The molecule has 176 valence electrons. The van der Waals surface area contributed by atoms with Gasteiger partial charge in [0.15, 0.2) is 6.61 Å². The predicted octanol–water partition coefficient (Wildman–Crippen LogP) is 5.46. The summed E-state index contributed by atoms with van der Waals surface area (Å²) in [6.45, 7) is 3.86. The second kappa shape index (κ2) is 11.1. The van der Waals surface area contributed by atoms with Crippen molar-refractivity contribution in [1.29, 1.82) is 0 Å². The Morgan fingerprint density at radius 1 is 0.914 bits per heavy atom. The summed E-state index contributed by atoms with van der Waals surface area (Å²) in [5.74, 6) is 0.0842. The van der Waals surface area contributed by atoms with Crippen molar-refractivity contribution in [3.8, 4) is 11.5 Å². The third kappa shape index (κ3) is 6.12. The Bertz CT molecular complexity index is 1360. The van der Waals surface area contributed by atoms with Crippen LogP contribution in [0.3, 0.4) is 0 Å². The van der Waals surface area contributed by atoms with Gasteiger partial charge in [-0.1, -0.05) is 67.1 Å². The number of amides is 1. The molecule has 0 fully saturated rings. The summed E-state index contributed by atoms with van der Waals surface area (Å²) in [7, 11) is 0. The maximum absolute atomic E-state index is 12.7. The van der Waals surface area contributed by atoms with Crippen LogP contribution >= 0.6 is 0 Å². The van der Waals surface area contributed by atoms with Crippen LogP contribution in [0.5, 0.6) is 11.5 Å². The predicted molar refractivity (Wildman–Crippen MR) is 137 cm³/mol. The lowest BCUT2D eigenvalue weighted by Gasteiger charge is -2.11. The molecule has 0 saturated heterocycles. The zero-order valence-electron chi connectivity index (χ0n) is 19.7. The fourth-order valence-corrected chi connectivity index (χ4v) is 3.52. The molecule has 0 aromatic heterocycles. The normalized spacial score (nSPS) is 10.9. The van der Waals surface area contributed by atoms with Gasteiger partial charge in [-0.15, -0.1) is 0 Å². The molecular formula is C29H26N2O4. The molecule has 6 heteroatoms. The van der Waals surface area contributed by atoms with Gasteiger partial charge in [0.1, 0.15) is 11.5 Å². The molecule has 1 N–H and O–H groups in total.